The summed E-state index contributed by atoms with van der Waals surface area (Å²) in [6, 6.07) is 6.33. The molecule has 0 aromatic heterocycles. The van der Waals surface area contributed by atoms with Crippen molar-refractivity contribution >= 4 is 23.9 Å². The second kappa shape index (κ2) is 9.11. The summed E-state index contributed by atoms with van der Waals surface area (Å²) in [5, 5.41) is 11.8. The highest BCUT2D eigenvalue weighted by Gasteiger charge is 2.20. The summed E-state index contributed by atoms with van der Waals surface area (Å²) in [7, 11) is 2.72. The highest BCUT2D eigenvalue weighted by Crippen LogP contribution is 2.12. The molecule has 1 aromatic carbocycles. The van der Waals surface area contributed by atoms with E-state index in [1.165, 1.54) is 20.4 Å². The minimum Gasteiger partial charge on any atom is -0.398 e. The minimum atomic E-state index is -0.687. The number of oxime groups is 2. The Labute approximate surface area is 128 Å². The predicted molar refractivity (Wildman–Crippen MR) is 81.5 cm³/mol. The zero-order valence-corrected chi connectivity index (χ0v) is 12.6. The number of carbonyl (C=O) groups is 2. The molecule has 0 spiro atoms. The van der Waals surface area contributed by atoms with Crippen LogP contribution in [0.4, 0.5) is 4.79 Å². The summed E-state index contributed by atoms with van der Waals surface area (Å²) in [5.41, 5.74) is 1.12. The summed E-state index contributed by atoms with van der Waals surface area (Å²) in [6.45, 7) is 1.87. The van der Waals surface area contributed by atoms with Crippen molar-refractivity contribution in [3.8, 4) is 0 Å². The van der Waals surface area contributed by atoms with E-state index >= 15 is 0 Å². The van der Waals surface area contributed by atoms with Gasteiger partial charge in [0.05, 0.1) is 0 Å². The van der Waals surface area contributed by atoms with E-state index in [1.807, 2.05) is 0 Å². The van der Waals surface area contributed by atoms with Crippen molar-refractivity contribution in [2.75, 3.05) is 14.2 Å². The molecule has 0 aliphatic carbocycles. The molecule has 1 rings (SSSR count). The van der Waals surface area contributed by atoms with Gasteiger partial charge in [-0.3, -0.25) is 10.1 Å². The number of rotatable bonds is 6. The Morgan fingerprint density at radius 2 is 2.05 bits per heavy atom. The molecule has 0 saturated carbocycles. The van der Waals surface area contributed by atoms with Crippen LogP contribution in [0.15, 0.2) is 34.6 Å². The maximum absolute atomic E-state index is 12.1. The van der Waals surface area contributed by atoms with Gasteiger partial charge in [-0.05, 0) is 6.92 Å². The lowest BCUT2D eigenvalue weighted by molar-refractivity contribution is -0.113. The third kappa shape index (κ3) is 4.89. The summed E-state index contributed by atoms with van der Waals surface area (Å²) in [5.74, 6) is -0.687. The van der Waals surface area contributed by atoms with Crippen molar-refractivity contribution in [3.05, 3.63) is 35.4 Å². The van der Waals surface area contributed by atoms with Crippen LogP contribution in [0.25, 0.3) is 0 Å². The maximum Gasteiger partial charge on any atom is 0.321 e. The smallest absolute Gasteiger partial charge is 0.321 e. The molecule has 8 nitrogen and oxygen atoms in total. The zero-order chi connectivity index (χ0) is 16.4. The molecule has 2 N–H and O–H groups in total. The van der Waals surface area contributed by atoms with Crippen LogP contribution in [0.1, 0.15) is 18.1 Å². The van der Waals surface area contributed by atoms with Crippen LogP contribution in [0.3, 0.4) is 0 Å². The van der Waals surface area contributed by atoms with E-state index < -0.39 is 11.9 Å². The van der Waals surface area contributed by atoms with Gasteiger partial charge in [-0.2, -0.15) is 0 Å². The SMILES string of the molecule is C/C=N\OCc1ccccc1/C(=N\OC)C(=O)NC(=O)NC. The predicted octanol–water partition coefficient (Wildman–Crippen LogP) is 1.02. The lowest BCUT2D eigenvalue weighted by Gasteiger charge is -2.10. The van der Waals surface area contributed by atoms with Gasteiger partial charge < -0.3 is 15.0 Å². The van der Waals surface area contributed by atoms with Gasteiger partial charge in [-0.1, -0.05) is 34.6 Å². The molecular weight excluding hydrogens is 288 g/mol. The fourth-order valence-electron chi connectivity index (χ4n) is 1.59. The first-order valence-corrected chi connectivity index (χ1v) is 6.46. The van der Waals surface area contributed by atoms with E-state index in [0.29, 0.717) is 11.1 Å². The number of hydrogen-bond donors (Lipinski definition) is 2. The van der Waals surface area contributed by atoms with E-state index in [4.69, 9.17) is 9.68 Å². The Morgan fingerprint density at radius 1 is 1.32 bits per heavy atom. The molecule has 22 heavy (non-hydrogen) atoms. The number of imide groups is 1. The van der Waals surface area contributed by atoms with Crippen LogP contribution in [0.5, 0.6) is 0 Å². The number of carbonyl (C=O) groups excluding carboxylic acids is 2. The van der Waals surface area contributed by atoms with Crippen LogP contribution in [0, 0.1) is 0 Å². The Kier molecular flexibility index (Phi) is 7.10. The van der Waals surface area contributed by atoms with Gasteiger partial charge in [0.25, 0.3) is 5.91 Å². The first kappa shape index (κ1) is 17.2. The molecule has 0 fully saturated rings. The zero-order valence-electron chi connectivity index (χ0n) is 12.6. The fraction of sp³-hybridized carbons (Fsp3) is 0.286. The number of benzene rings is 1. The van der Waals surface area contributed by atoms with Gasteiger partial charge in [-0.25, -0.2) is 4.79 Å². The number of nitrogens with one attached hydrogen (secondary N) is 2. The molecule has 0 bridgehead atoms. The first-order valence-electron chi connectivity index (χ1n) is 6.46. The topological polar surface area (TPSA) is 101 Å². The minimum absolute atomic E-state index is 0.0363. The van der Waals surface area contributed by atoms with E-state index in [9.17, 15) is 9.59 Å². The van der Waals surface area contributed by atoms with E-state index in [0.717, 1.165) is 0 Å². The molecule has 0 aliphatic heterocycles. The van der Waals surface area contributed by atoms with Crippen molar-refractivity contribution in [1.29, 1.82) is 0 Å². The third-order valence-electron chi connectivity index (χ3n) is 2.52. The van der Waals surface area contributed by atoms with Gasteiger partial charge in [-0.15, -0.1) is 0 Å². The number of nitrogens with zero attached hydrogens (tertiary/aromatic N) is 2. The molecular formula is C14H18N4O4. The van der Waals surface area contributed by atoms with Crippen molar-refractivity contribution in [1.82, 2.24) is 10.6 Å². The lowest BCUT2D eigenvalue weighted by Crippen LogP contribution is -2.41. The van der Waals surface area contributed by atoms with E-state index in [2.05, 4.69) is 20.9 Å². The average Bonchev–Trinajstić information content (AvgIpc) is 2.53. The standard InChI is InChI=1S/C14H18N4O4/c1-4-16-22-9-10-7-5-6-8-11(10)12(18-21-3)13(19)17-14(20)15-2/h4-8H,9H2,1-3H3,(H2,15,17,19,20)/b16-4-,18-12+. The number of hydrogen-bond acceptors (Lipinski definition) is 6. The molecule has 0 aliphatic rings. The van der Waals surface area contributed by atoms with Gasteiger partial charge in [0, 0.05) is 24.4 Å². The van der Waals surface area contributed by atoms with E-state index in [1.54, 1.807) is 31.2 Å². The highest BCUT2D eigenvalue weighted by molar-refractivity contribution is 6.47. The normalized spacial score (nSPS) is 11.1. The van der Waals surface area contributed by atoms with Crippen LogP contribution in [-0.4, -0.2) is 38.0 Å². The number of amides is 3. The Balaban J connectivity index is 3.08. The molecule has 1 aromatic rings. The summed E-state index contributed by atoms with van der Waals surface area (Å²) >= 11 is 0. The molecule has 0 heterocycles. The van der Waals surface area contributed by atoms with E-state index in [-0.39, 0.29) is 12.3 Å². The van der Waals surface area contributed by atoms with Gasteiger partial charge in [0.15, 0.2) is 5.71 Å². The van der Waals surface area contributed by atoms with Gasteiger partial charge >= 0.3 is 6.03 Å². The second-order valence-electron chi connectivity index (χ2n) is 3.95. The molecule has 3 amide bonds. The molecule has 118 valence electrons. The Bertz CT molecular complexity index is 584. The van der Waals surface area contributed by atoms with Crippen LogP contribution in [0.2, 0.25) is 0 Å². The number of urea groups is 1. The van der Waals surface area contributed by atoms with Crippen molar-refractivity contribution in [2.24, 2.45) is 10.3 Å². The molecule has 0 unspecified atom stereocenters. The largest absolute Gasteiger partial charge is 0.398 e. The van der Waals surface area contributed by atoms with Crippen molar-refractivity contribution in [3.63, 3.8) is 0 Å². The lowest BCUT2D eigenvalue weighted by atomic mass is 10.0. The summed E-state index contributed by atoms with van der Waals surface area (Å²) in [4.78, 5) is 33.2. The monoisotopic (exact) mass is 306 g/mol. The van der Waals surface area contributed by atoms with Gasteiger partial charge in [0.2, 0.25) is 0 Å². The molecule has 0 atom stereocenters. The van der Waals surface area contributed by atoms with Crippen molar-refractivity contribution in [2.45, 2.75) is 13.5 Å². The molecule has 0 radical (unpaired) electrons. The second-order valence-corrected chi connectivity index (χ2v) is 3.95. The quantitative estimate of drug-likeness (QED) is 0.605. The first-order chi connectivity index (χ1) is 10.6. The molecule has 8 heteroatoms. The maximum atomic E-state index is 12.1. The summed E-state index contributed by atoms with van der Waals surface area (Å²) in [6.07, 6.45) is 1.51. The average molecular weight is 306 g/mol. The van der Waals surface area contributed by atoms with Crippen LogP contribution < -0.4 is 10.6 Å². The highest BCUT2D eigenvalue weighted by atomic mass is 16.6. The third-order valence-corrected chi connectivity index (χ3v) is 2.52. The van der Waals surface area contributed by atoms with Gasteiger partial charge in [0.1, 0.15) is 13.7 Å². The molecule has 0 saturated heterocycles. The fourth-order valence-corrected chi connectivity index (χ4v) is 1.59. The van der Waals surface area contributed by atoms with Crippen LogP contribution >= 0.6 is 0 Å². The van der Waals surface area contributed by atoms with Crippen LogP contribution in [-0.2, 0) is 21.1 Å². The Hall–Kier alpha value is -2.90. The van der Waals surface area contributed by atoms with Crippen molar-refractivity contribution < 1.29 is 19.3 Å². The summed E-state index contributed by atoms with van der Waals surface area (Å²) < 4.78 is 0. The Morgan fingerprint density at radius 3 is 2.68 bits per heavy atom.